The molecule has 148 valence electrons. The van der Waals surface area contributed by atoms with Gasteiger partial charge in [0.1, 0.15) is 10.4 Å². The summed E-state index contributed by atoms with van der Waals surface area (Å²) in [4.78, 5) is 29.6. The fourth-order valence-electron chi connectivity index (χ4n) is 2.68. The number of nitrogens with one attached hydrogen (secondary N) is 1. The summed E-state index contributed by atoms with van der Waals surface area (Å²) in [5, 5.41) is 5.36. The molecule has 0 aliphatic rings. The minimum atomic E-state index is -0.100. The Labute approximate surface area is 171 Å². The summed E-state index contributed by atoms with van der Waals surface area (Å²) < 4.78 is 7.48. The number of ether oxygens (including phenoxy) is 1. The van der Waals surface area contributed by atoms with Gasteiger partial charge < -0.3 is 10.1 Å². The van der Waals surface area contributed by atoms with Crippen LogP contribution in [0.3, 0.4) is 0 Å². The van der Waals surface area contributed by atoms with Crippen molar-refractivity contribution in [2.45, 2.75) is 32.1 Å². The maximum atomic E-state index is 12.8. The van der Waals surface area contributed by atoms with Crippen molar-refractivity contribution in [3.05, 3.63) is 51.6 Å². The van der Waals surface area contributed by atoms with Gasteiger partial charge in [0.15, 0.2) is 5.16 Å². The van der Waals surface area contributed by atoms with Gasteiger partial charge in [-0.05, 0) is 35.1 Å². The molecule has 0 aliphatic heterocycles. The molecule has 0 saturated carbocycles. The molecule has 3 rings (SSSR count). The van der Waals surface area contributed by atoms with Crippen LogP contribution in [0.2, 0.25) is 0 Å². The van der Waals surface area contributed by atoms with Crippen LogP contribution >= 0.6 is 23.1 Å². The number of hydrogen-bond acceptors (Lipinski definition) is 6. The lowest BCUT2D eigenvalue weighted by Gasteiger charge is -2.14. The maximum Gasteiger partial charge on any atom is 0.272 e. The largest absolute Gasteiger partial charge is 0.497 e. The molecule has 3 aromatic rings. The van der Waals surface area contributed by atoms with Crippen LogP contribution in [0.15, 0.2) is 45.7 Å². The number of thioether (sulfide) groups is 1. The highest BCUT2D eigenvalue weighted by molar-refractivity contribution is 7.99. The fourth-order valence-corrected chi connectivity index (χ4v) is 4.30. The van der Waals surface area contributed by atoms with Crippen LogP contribution in [0.25, 0.3) is 10.2 Å². The molecular formula is C20H23N3O3S2. The number of nitrogens with zero attached hydrogens (tertiary/aromatic N) is 2. The Morgan fingerprint density at radius 2 is 2.04 bits per heavy atom. The summed E-state index contributed by atoms with van der Waals surface area (Å²) in [6.45, 7) is 5.14. The highest BCUT2D eigenvalue weighted by atomic mass is 32.2. The number of aromatic nitrogens is 2. The monoisotopic (exact) mass is 417 g/mol. The van der Waals surface area contributed by atoms with E-state index in [1.165, 1.54) is 23.1 Å². The molecule has 0 saturated heterocycles. The van der Waals surface area contributed by atoms with Crippen LogP contribution < -0.4 is 15.6 Å². The lowest BCUT2D eigenvalue weighted by atomic mass is 10.2. The molecular weight excluding hydrogens is 394 g/mol. The average Bonchev–Trinajstić information content (AvgIpc) is 3.16. The van der Waals surface area contributed by atoms with Crippen molar-refractivity contribution < 1.29 is 9.53 Å². The topological polar surface area (TPSA) is 73.2 Å². The third kappa shape index (κ3) is 4.94. The molecule has 28 heavy (non-hydrogen) atoms. The molecule has 0 unspecified atom stereocenters. The summed E-state index contributed by atoms with van der Waals surface area (Å²) in [6, 6.07) is 9.40. The van der Waals surface area contributed by atoms with Gasteiger partial charge in [-0.2, -0.15) is 0 Å². The minimum absolute atomic E-state index is 0.0326. The van der Waals surface area contributed by atoms with E-state index in [0.717, 1.165) is 11.3 Å². The van der Waals surface area contributed by atoms with E-state index in [-0.39, 0.29) is 17.2 Å². The zero-order valence-corrected chi connectivity index (χ0v) is 17.7. The van der Waals surface area contributed by atoms with Gasteiger partial charge in [-0.3, -0.25) is 14.2 Å². The lowest BCUT2D eigenvalue weighted by molar-refractivity contribution is -0.118. The fraction of sp³-hybridized carbons (Fsp3) is 0.350. The van der Waals surface area contributed by atoms with Crippen LogP contribution in [0.4, 0.5) is 0 Å². The van der Waals surface area contributed by atoms with Crippen molar-refractivity contribution >= 4 is 39.2 Å². The van der Waals surface area contributed by atoms with E-state index in [0.29, 0.717) is 34.4 Å². The highest BCUT2D eigenvalue weighted by Gasteiger charge is 2.15. The predicted octanol–water partition coefficient (Wildman–Crippen LogP) is 3.53. The van der Waals surface area contributed by atoms with Crippen LogP contribution in [0.5, 0.6) is 5.75 Å². The summed E-state index contributed by atoms with van der Waals surface area (Å²) in [6.07, 6.45) is 0. The third-order valence-electron chi connectivity index (χ3n) is 4.06. The molecule has 1 aromatic carbocycles. The summed E-state index contributed by atoms with van der Waals surface area (Å²) in [5.74, 6) is 1.19. The Morgan fingerprint density at radius 1 is 1.29 bits per heavy atom. The molecule has 0 bridgehead atoms. The number of rotatable bonds is 8. The average molecular weight is 418 g/mol. The van der Waals surface area contributed by atoms with Gasteiger partial charge in [0.2, 0.25) is 5.91 Å². The molecule has 1 amide bonds. The molecule has 0 spiro atoms. The summed E-state index contributed by atoms with van der Waals surface area (Å²) in [7, 11) is 1.62. The molecule has 2 aromatic heterocycles. The number of hydrogen-bond donors (Lipinski definition) is 1. The van der Waals surface area contributed by atoms with Gasteiger partial charge in [0.05, 0.1) is 18.4 Å². The van der Waals surface area contributed by atoms with Gasteiger partial charge in [0.25, 0.3) is 5.56 Å². The van der Waals surface area contributed by atoms with Crippen molar-refractivity contribution in [3.8, 4) is 5.75 Å². The van der Waals surface area contributed by atoms with Crippen LogP contribution in [-0.4, -0.2) is 28.3 Å². The minimum Gasteiger partial charge on any atom is -0.497 e. The highest BCUT2D eigenvalue weighted by Crippen LogP contribution is 2.21. The van der Waals surface area contributed by atoms with Crippen molar-refractivity contribution in [2.24, 2.45) is 5.92 Å². The molecule has 1 N–H and O–H groups in total. The van der Waals surface area contributed by atoms with Gasteiger partial charge in [-0.15, -0.1) is 11.3 Å². The molecule has 2 heterocycles. The zero-order chi connectivity index (χ0) is 20.1. The lowest BCUT2D eigenvalue weighted by Crippen LogP contribution is -2.27. The van der Waals surface area contributed by atoms with E-state index in [1.807, 2.05) is 35.7 Å². The molecule has 0 radical (unpaired) electrons. The molecule has 0 atom stereocenters. The maximum absolute atomic E-state index is 12.8. The first-order valence-electron chi connectivity index (χ1n) is 8.98. The molecule has 6 nitrogen and oxygen atoms in total. The normalized spacial score (nSPS) is 11.1. The molecule has 0 fully saturated rings. The van der Waals surface area contributed by atoms with Crippen molar-refractivity contribution in [1.82, 2.24) is 14.9 Å². The quantitative estimate of drug-likeness (QED) is 0.448. The van der Waals surface area contributed by atoms with Gasteiger partial charge in [-0.1, -0.05) is 37.7 Å². The first-order valence-corrected chi connectivity index (χ1v) is 10.8. The van der Waals surface area contributed by atoms with E-state index in [2.05, 4.69) is 24.1 Å². The van der Waals surface area contributed by atoms with Gasteiger partial charge in [0, 0.05) is 13.1 Å². The number of benzene rings is 1. The predicted molar refractivity (Wildman–Crippen MR) is 114 cm³/mol. The Morgan fingerprint density at radius 3 is 2.71 bits per heavy atom. The zero-order valence-electron chi connectivity index (χ0n) is 16.1. The Hall–Kier alpha value is -2.32. The van der Waals surface area contributed by atoms with E-state index in [4.69, 9.17) is 4.74 Å². The molecule has 0 aliphatic carbocycles. The SMILES string of the molecule is COc1ccc(CNC(=O)CSc2nc3ccsc3c(=O)n2CC(C)C)cc1. The second-order valence-corrected chi connectivity index (χ2v) is 8.61. The number of thiophene rings is 1. The van der Waals surface area contributed by atoms with Crippen molar-refractivity contribution in [3.63, 3.8) is 0 Å². The van der Waals surface area contributed by atoms with E-state index in [9.17, 15) is 9.59 Å². The first kappa shape index (κ1) is 20.4. The van der Waals surface area contributed by atoms with Gasteiger partial charge >= 0.3 is 0 Å². The van der Waals surface area contributed by atoms with Crippen LogP contribution in [0, 0.1) is 5.92 Å². The number of carbonyl (C=O) groups is 1. The van der Waals surface area contributed by atoms with Crippen LogP contribution in [0.1, 0.15) is 19.4 Å². The van der Waals surface area contributed by atoms with E-state index < -0.39 is 0 Å². The van der Waals surface area contributed by atoms with Crippen molar-refractivity contribution in [2.75, 3.05) is 12.9 Å². The molecule has 8 heteroatoms. The first-order chi connectivity index (χ1) is 13.5. The number of amides is 1. The smallest absolute Gasteiger partial charge is 0.272 e. The van der Waals surface area contributed by atoms with E-state index in [1.54, 1.807) is 11.7 Å². The standard InChI is InChI=1S/C20H23N3O3S2/c1-13(2)11-23-19(25)18-16(8-9-27-18)22-20(23)28-12-17(24)21-10-14-4-6-15(26-3)7-5-14/h4-9,13H,10-12H2,1-3H3,(H,21,24). The van der Waals surface area contributed by atoms with Crippen molar-refractivity contribution in [1.29, 1.82) is 0 Å². The Kier molecular flexibility index (Phi) is 6.74. The van der Waals surface area contributed by atoms with E-state index >= 15 is 0 Å². The second-order valence-electron chi connectivity index (χ2n) is 6.75. The second kappa shape index (κ2) is 9.25. The third-order valence-corrected chi connectivity index (χ3v) is 5.93. The summed E-state index contributed by atoms with van der Waals surface area (Å²) in [5.41, 5.74) is 1.65. The Balaban J connectivity index is 1.66. The Bertz CT molecular complexity index is 1010. The van der Waals surface area contributed by atoms with Crippen LogP contribution in [-0.2, 0) is 17.9 Å². The number of methoxy groups -OCH3 is 1. The number of carbonyl (C=O) groups excluding carboxylic acids is 1. The summed E-state index contributed by atoms with van der Waals surface area (Å²) >= 11 is 2.70. The van der Waals surface area contributed by atoms with Gasteiger partial charge in [-0.25, -0.2) is 4.98 Å². The number of fused-ring (bicyclic) bond motifs is 1.